The van der Waals surface area contributed by atoms with Crippen molar-refractivity contribution in [3.05, 3.63) is 23.8 Å². The van der Waals surface area contributed by atoms with Crippen LogP contribution in [0.3, 0.4) is 0 Å². The zero-order valence-corrected chi connectivity index (χ0v) is 9.89. The number of hydrogen-bond donors (Lipinski definition) is 2. The summed E-state index contributed by atoms with van der Waals surface area (Å²) in [6.07, 6.45) is 0.304. The van der Waals surface area contributed by atoms with Crippen molar-refractivity contribution in [2.45, 2.75) is 12.5 Å². The number of carbonyl (C=O) groups excluding carboxylic acids is 1. The van der Waals surface area contributed by atoms with E-state index in [0.29, 0.717) is 24.7 Å². The molecule has 2 N–H and O–H groups in total. The largest absolute Gasteiger partial charge is 0.482 e. The van der Waals surface area contributed by atoms with Gasteiger partial charge in [0.2, 0.25) is 0 Å². The molecule has 0 aromatic heterocycles. The predicted molar refractivity (Wildman–Crippen MR) is 64.5 cm³/mol. The van der Waals surface area contributed by atoms with Crippen molar-refractivity contribution in [1.29, 1.82) is 0 Å². The van der Waals surface area contributed by atoms with Crippen LogP contribution in [0.1, 0.15) is 18.1 Å². The number of fused-ring (bicyclic) bond motifs is 1. The molecule has 0 radical (unpaired) electrons. The molecule has 2 aliphatic heterocycles. The summed E-state index contributed by atoms with van der Waals surface area (Å²) in [7, 11) is 0. The maximum absolute atomic E-state index is 11.2. The summed E-state index contributed by atoms with van der Waals surface area (Å²) in [6.45, 7) is 1.33. The van der Waals surface area contributed by atoms with Crippen LogP contribution in [0.25, 0.3) is 0 Å². The van der Waals surface area contributed by atoms with Crippen LogP contribution in [0.4, 0.5) is 5.69 Å². The molecule has 1 fully saturated rings. The van der Waals surface area contributed by atoms with E-state index in [1.807, 2.05) is 6.07 Å². The molecular weight excluding hydrogens is 234 g/mol. The fourth-order valence-electron chi connectivity index (χ4n) is 2.36. The first-order valence-electron chi connectivity index (χ1n) is 6.06. The second kappa shape index (κ2) is 4.59. The number of carbonyl (C=O) groups is 1. The van der Waals surface area contributed by atoms with Crippen molar-refractivity contribution in [3.8, 4) is 5.75 Å². The Morgan fingerprint density at radius 3 is 3.11 bits per heavy atom. The Balaban J connectivity index is 1.84. The lowest BCUT2D eigenvalue weighted by Gasteiger charge is -2.21. The summed E-state index contributed by atoms with van der Waals surface area (Å²) >= 11 is 0. The minimum atomic E-state index is -0.559. The van der Waals surface area contributed by atoms with Crippen molar-refractivity contribution in [3.63, 3.8) is 0 Å². The van der Waals surface area contributed by atoms with Crippen LogP contribution in [0.2, 0.25) is 0 Å². The number of aliphatic hydroxyl groups is 1. The van der Waals surface area contributed by atoms with Gasteiger partial charge in [-0.2, -0.15) is 0 Å². The summed E-state index contributed by atoms with van der Waals surface area (Å²) in [5, 5.41) is 13.0. The van der Waals surface area contributed by atoms with Crippen molar-refractivity contribution < 1.29 is 19.4 Å². The summed E-state index contributed by atoms with van der Waals surface area (Å²) in [4.78, 5) is 11.2. The van der Waals surface area contributed by atoms with Gasteiger partial charge >= 0.3 is 0 Å². The zero-order chi connectivity index (χ0) is 12.5. The van der Waals surface area contributed by atoms with Crippen LogP contribution in [0.15, 0.2) is 18.2 Å². The minimum Gasteiger partial charge on any atom is -0.482 e. The maximum Gasteiger partial charge on any atom is 0.262 e. The van der Waals surface area contributed by atoms with Gasteiger partial charge in [-0.05, 0) is 24.1 Å². The van der Waals surface area contributed by atoms with Crippen LogP contribution in [0, 0.1) is 5.92 Å². The lowest BCUT2D eigenvalue weighted by Crippen LogP contribution is -2.25. The van der Waals surface area contributed by atoms with Gasteiger partial charge in [0.25, 0.3) is 5.91 Å². The normalized spacial score (nSPS) is 24.1. The van der Waals surface area contributed by atoms with Crippen LogP contribution in [0.5, 0.6) is 5.75 Å². The van der Waals surface area contributed by atoms with Gasteiger partial charge in [0.05, 0.1) is 18.4 Å². The van der Waals surface area contributed by atoms with Gasteiger partial charge in [-0.1, -0.05) is 6.07 Å². The number of benzene rings is 1. The van der Waals surface area contributed by atoms with Gasteiger partial charge < -0.3 is 19.9 Å². The van der Waals surface area contributed by atoms with Gasteiger partial charge in [0, 0.05) is 12.5 Å². The van der Waals surface area contributed by atoms with Crippen LogP contribution < -0.4 is 10.1 Å². The molecule has 0 spiro atoms. The monoisotopic (exact) mass is 249 g/mol. The molecule has 0 aliphatic carbocycles. The molecule has 2 unspecified atom stereocenters. The number of amides is 1. The second-order valence-electron chi connectivity index (χ2n) is 4.66. The molecule has 2 heterocycles. The molecular formula is C13H15NO4. The van der Waals surface area contributed by atoms with Crippen molar-refractivity contribution in [2.75, 3.05) is 25.1 Å². The highest BCUT2D eigenvalue weighted by Crippen LogP contribution is 2.34. The third kappa shape index (κ3) is 2.07. The van der Waals surface area contributed by atoms with Gasteiger partial charge in [0.15, 0.2) is 6.61 Å². The molecule has 96 valence electrons. The maximum atomic E-state index is 11.2. The predicted octanol–water partition coefficient (Wildman–Crippen LogP) is 1.09. The van der Waals surface area contributed by atoms with E-state index < -0.39 is 6.10 Å². The molecule has 3 rings (SSSR count). The van der Waals surface area contributed by atoms with Crippen molar-refractivity contribution in [2.24, 2.45) is 5.92 Å². The number of ether oxygens (including phenoxy) is 2. The third-order valence-electron chi connectivity index (χ3n) is 3.39. The molecule has 5 heteroatoms. The Morgan fingerprint density at radius 1 is 1.44 bits per heavy atom. The van der Waals surface area contributed by atoms with Crippen LogP contribution in [-0.4, -0.2) is 30.8 Å². The Bertz CT molecular complexity index is 468. The summed E-state index contributed by atoms with van der Waals surface area (Å²) < 4.78 is 10.6. The van der Waals surface area contributed by atoms with E-state index in [1.54, 1.807) is 12.1 Å². The van der Waals surface area contributed by atoms with E-state index in [0.717, 1.165) is 12.0 Å². The SMILES string of the molecule is O=C1COc2ccc(C(O)C3CCOC3)cc2N1. The first-order valence-corrected chi connectivity index (χ1v) is 6.06. The molecule has 0 bridgehead atoms. The molecule has 5 nitrogen and oxygen atoms in total. The van der Waals surface area contributed by atoms with Gasteiger partial charge in [-0.25, -0.2) is 0 Å². The summed E-state index contributed by atoms with van der Waals surface area (Å²) in [5.74, 6) is 0.606. The van der Waals surface area contributed by atoms with Gasteiger partial charge in [-0.3, -0.25) is 4.79 Å². The van der Waals surface area contributed by atoms with Crippen LogP contribution >= 0.6 is 0 Å². The second-order valence-corrected chi connectivity index (χ2v) is 4.66. The first-order chi connectivity index (χ1) is 8.74. The van der Waals surface area contributed by atoms with E-state index in [2.05, 4.69) is 5.32 Å². The Labute approximate surface area is 105 Å². The van der Waals surface area contributed by atoms with E-state index in [9.17, 15) is 9.90 Å². The number of rotatable bonds is 2. The Kier molecular flexibility index (Phi) is 2.93. The molecule has 1 saturated heterocycles. The smallest absolute Gasteiger partial charge is 0.262 e. The Hall–Kier alpha value is -1.59. The van der Waals surface area contributed by atoms with E-state index in [-0.39, 0.29) is 18.4 Å². The number of nitrogens with one attached hydrogen (secondary N) is 1. The van der Waals surface area contributed by atoms with E-state index in [4.69, 9.17) is 9.47 Å². The lowest BCUT2D eigenvalue weighted by atomic mass is 9.94. The highest BCUT2D eigenvalue weighted by molar-refractivity contribution is 5.95. The quantitative estimate of drug-likeness (QED) is 0.823. The molecule has 1 amide bonds. The van der Waals surface area contributed by atoms with Crippen molar-refractivity contribution >= 4 is 11.6 Å². The standard InChI is InChI=1S/C13H15NO4/c15-12-7-18-11-2-1-8(5-10(11)14-12)13(16)9-3-4-17-6-9/h1-2,5,9,13,16H,3-4,6-7H2,(H,14,15). The third-order valence-corrected chi connectivity index (χ3v) is 3.39. The average molecular weight is 249 g/mol. The molecule has 0 saturated carbocycles. The molecule has 2 atom stereocenters. The zero-order valence-electron chi connectivity index (χ0n) is 9.89. The molecule has 18 heavy (non-hydrogen) atoms. The number of aliphatic hydroxyl groups excluding tert-OH is 1. The molecule has 2 aliphatic rings. The highest BCUT2D eigenvalue weighted by Gasteiger charge is 2.26. The summed E-state index contributed by atoms with van der Waals surface area (Å²) in [6, 6.07) is 5.39. The van der Waals surface area contributed by atoms with Gasteiger partial charge in [-0.15, -0.1) is 0 Å². The number of hydrogen-bond acceptors (Lipinski definition) is 4. The fourth-order valence-corrected chi connectivity index (χ4v) is 2.36. The average Bonchev–Trinajstić information content (AvgIpc) is 2.90. The topological polar surface area (TPSA) is 67.8 Å². The van der Waals surface area contributed by atoms with E-state index >= 15 is 0 Å². The highest BCUT2D eigenvalue weighted by atomic mass is 16.5. The van der Waals surface area contributed by atoms with Crippen molar-refractivity contribution in [1.82, 2.24) is 0 Å². The lowest BCUT2D eigenvalue weighted by molar-refractivity contribution is -0.118. The molecule has 1 aromatic rings. The summed E-state index contributed by atoms with van der Waals surface area (Å²) in [5.41, 5.74) is 1.41. The van der Waals surface area contributed by atoms with E-state index in [1.165, 1.54) is 0 Å². The van der Waals surface area contributed by atoms with Gasteiger partial charge in [0.1, 0.15) is 5.75 Å². The van der Waals surface area contributed by atoms with Crippen LogP contribution in [-0.2, 0) is 9.53 Å². The first kappa shape index (κ1) is 11.5. The minimum absolute atomic E-state index is 0.0470. The fraction of sp³-hybridized carbons (Fsp3) is 0.462. The Morgan fingerprint density at radius 2 is 2.33 bits per heavy atom. The molecule has 1 aromatic carbocycles. The number of anilines is 1.